The zero-order valence-corrected chi connectivity index (χ0v) is 19.1. The van der Waals surface area contributed by atoms with Crippen molar-refractivity contribution in [2.24, 2.45) is 0 Å². The van der Waals surface area contributed by atoms with E-state index in [1.807, 2.05) is 20.8 Å². The summed E-state index contributed by atoms with van der Waals surface area (Å²) in [5.74, 6) is -0.0804. The predicted octanol–water partition coefficient (Wildman–Crippen LogP) is 6.02. The molecule has 0 aromatic heterocycles. The largest absolute Gasteiger partial charge is 0.395 e. The van der Waals surface area contributed by atoms with E-state index in [0.29, 0.717) is 18.8 Å². The van der Waals surface area contributed by atoms with E-state index in [1.54, 1.807) is 0 Å². The fourth-order valence-electron chi connectivity index (χ4n) is 4.44. The van der Waals surface area contributed by atoms with Crippen LogP contribution in [0.3, 0.4) is 0 Å². The summed E-state index contributed by atoms with van der Waals surface area (Å²) in [6.45, 7) is 13.1. The van der Waals surface area contributed by atoms with Crippen LogP contribution in [0.4, 0.5) is 0 Å². The highest BCUT2D eigenvalue weighted by Crippen LogP contribution is 2.42. The zero-order valence-electron chi connectivity index (χ0n) is 18.1. The maximum atomic E-state index is 13.2. The lowest BCUT2D eigenvalue weighted by molar-refractivity contribution is -0.117. The summed E-state index contributed by atoms with van der Waals surface area (Å²) in [6, 6.07) is 15.7. The van der Waals surface area contributed by atoms with Crippen molar-refractivity contribution in [3.05, 3.63) is 71.3 Å². The minimum absolute atomic E-state index is 0.124. The molecule has 0 radical (unpaired) electrons. The molecular formula is C25H32O3Si. The predicted molar refractivity (Wildman–Crippen MR) is 122 cm³/mol. The number of fused-ring (bicyclic) bond motifs is 3. The van der Waals surface area contributed by atoms with Gasteiger partial charge in [-0.1, -0.05) is 49.0 Å². The number of allylic oxidation sites excluding steroid dienone is 1. The van der Waals surface area contributed by atoms with Gasteiger partial charge < -0.3 is 8.85 Å². The normalized spacial score (nSPS) is 13.7. The number of hydrogen-bond acceptors (Lipinski definition) is 3. The molecule has 0 spiro atoms. The molecule has 3 rings (SSSR count). The number of rotatable bonds is 10. The number of carbonyl (C=O) groups is 1. The molecule has 4 heteroatoms. The summed E-state index contributed by atoms with van der Waals surface area (Å²) in [6.07, 6.45) is 1.61. The van der Waals surface area contributed by atoms with Crippen LogP contribution in [0.25, 0.3) is 11.1 Å². The van der Waals surface area contributed by atoms with Gasteiger partial charge in [-0.3, -0.25) is 4.79 Å². The summed E-state index contributed by atoms with van der Waals surface area (Å²) in [4.78, 5) is 13.2. The monoisotopic (exact) mass is 408 g/mol. The first-order chi connectivity index (χ1) is 13.9. The summed E-state index contributed by atoms with van der Waals surface area (Å²) >= 11 is 0. The fraction of sp³-hybridized carbons (Fsp3) is 0.400. The second-order valence-corrected chi connectivity index (χ2v) is 11.3. The van der Waals surface area contributed by atoms with E-state index in [-0.39, 0.29) is 11.7 Å². The molecule has 3 nitrogen and oxygen atoms in total. The van der Waals surface area contributed by atoms with Crippen LogP contribution in [0.5, 0.6) is 0 Å². The number of benzene rings is 2. The minimum atomic E-state index is -2.30. The van der Waals surface area contributed by atoms with Crippen LogP contribution in [-0.4, -0.2) is 27.6 Å². The summed E-state index contributed by atoms with van der Waals surface area (Å²) < 4.78 is 12.0. The van der Waals surface area contributed by atoms with Gasteiger partial charge in [0.2, 0.25) is 0 Å². The molecule has 2 aromatic rings. The molecule has 1 atom stereocenters. The van der Waals surface area contributed by atoms with Crippen molar-refractivity contribution in [3.8, 4) is 11.1 Å². The molecule has 0 fully saturated rings. The van der Waals surface area contributed by atoms with Crippen molar-refractivity contribution in [1.29, 1.82) is 0 Å². The van der Waals surface area contributed by atoms with Gasteiger partial charge in [0.15, 0.2) is 5.78 Å². The van der Waals surface area contributed by atoms with E-state index in [1.165, 1.54) is 22.3 Å². The topological polar surface area (TPSA) is 35.5 Å². The first-order valence-electron chi connectivity index (χ1n) is 10.6. The Morgan fingerprint density at radius 3 is 2.38 bits per heavy atom. The van der Waals surface area contributed by atoms with Gasteiger partial charge in [-0.05, 0) is 79.6 Å². The molecule has 29 heavy (non-hydrogen) atoms. The van der Waals surface area contributed by atoms with E-state index in [9.17, 15) is 4.79 Å². The van der Waals surface area contributed by atoms with Crippen LogP contribution in [0, 0.1) is 0 Å². The first-order valence-corrected chi connectivity index (χ1v) is 13.1. The number of ketones is 1. The van der Waals surface area contributed by atoms with Gasteiger partial charge in [0.05, 0.1) is 0 Å². The molecule has 0 bridgehead atoms. The average Bonchev–Trinajstić information content (AvgIpc) is 3.07. The van der Waals surface area contributed by atoms with Gasteiger partial charge in [0, 0.05) is 19.1 Å². The first kappa shape index (κ1) is 21.7. The van der Waals surface area contributed by atoms with E-state index < -0.39 is 8.56 Å². The molecular weight excluding hydrogens is 376 g/mol. The highest BCUT2D eigenvalue weighted by molar-refractivity contribution is 6.66. The van der Waals surface area contributed by atoms with E-state index >= 15 is 0 Å². The summed E-state index contributed by atoms with van der Waals surface area (Å²) in [7, 11) is -2.30. The van der Waals surface area contributed by atoms with Crippen LogP contribution >= 0.6 is 0 Å². The maximum absolute atomic E-state index is 13.2. The second-order valence-electron chi connectivity index (χ2n) is 7.94. The van der Waals surface area contributed by atoms with Gasteiger partial charge in [-0.25, -0.2) is 0 Å². The molecule has 1 aliphatic rings. The summed E-state index contributed by atoms with van der Waals surface area (Å²) in [5.41, 5.74) is 6.90. The van der Waals surface area contributed by atoms with E-state index in [4.69, 9.17) is 8.85 Å². The maximum Gasteiger partial charge on any atom is 0.334 e. The molecule has 0 aliphatic heterocycles. The van der Waals surface area contributed by atoms with Crippen LogP contribution in [-0.2, 0) is 20.1 Å². The average molecular weight is 409 g/mol. The third-order valence-corrected chi connectivity index (χ3v) is 8.78. The molecule has 154 valence electrons. The Labute approximate surface area is 176 Å². The van der Waals surface area contributed by atoms with Crippen molar-refractivity contribution >= 4 is 14.3 Å². The van der Waals surface area contributed by atoms with E-state index in [2.05, 4.69) is 55.6 Å². The smallest absolute Gasteiger partial charge is 0.334 e. The van der Waals surface area contributed by atoms with Crippen LogP contribution in [0.1, 0.15) is 49.8 Å². The third kappa shape index (κ3) is 4.60. The Morgan fingerprint density at radius 1 is 1.07 bits per heavy atom. The van der Waals surface area contributed by atoms with Crippen molar-refractivity contribution in [2.75, 3.05) is 13.2 Å². The lowest BCUT2D eigenvalue weighted by Crippen LogP contribution is -2.39. The number of Topliss-reactive ketones (excluding diaryl/α,β-unsaturated/α-hetero) is 1. The SMILES string of the molecule is C=C(C)C(=O)C(CC[Si](C)(OCC)OCC)c1cccc2c1Cc1ccccc1-2. The highest BCUT2D eigenvalue weighted by atomic mass is 28.4. The third-order valence-electron chi connectivity index (χ3n) is 5.79. The standard InChI is InChI=1S/C25H32O3Si/c1-6-27-29(5,28-7-2)16-15-23(25(26)18(3)4)22-14-10-13-21-20-12-9-8-11-19(20)17-24(21)22/h8-14,23H,3,6-7,15-17H2,1-2,4-5H3. The molecule has 0 saturated carbocycles. The molecule has 0 saturated heterocycles. The minimum Gasteiger partial charge on any atom is -0.395 e. The lowest BCUT2D eigenvalue weighted by atomic mass is 9.85. The Bertz CT molecular complexity index is 897. The number of carbonyl (C=O) groups excluding carboxylic acids is 1. The van der Waals surface area contributed by atoms with Gasteiger partial charge in [-0.2, -0.15) is 0 Å². The quantitative estimate of drug-likeness (QED) is 0.304. The van der Waals surface area contributed by atoms with Crippen LogP contribution < -0.4 is 0 Å². The highest BCUT2D eigenvalue weighted by Gasteiger charge is 2.35. The number of hydrogen-bond donors (Lipinski definition) is 0. The molecule has 2 aromatic carbocycles. The van der Waals surface area contributed by atoms with Crippen molar-refractivity contribution in [1.82, 2.24) is 0 Å². The molecule has 1 aliphatic carbocycles. The van der Waals surface area contributed by atoms with Crippen molar-refractivity contribution in [3.63, 3.8) is 0 Å². The van der Waals surface area contributed by atoms with Crippen LogP contribution in [0.15, 0.2) is 54.6 Å². The van der Waals surface area contributed by atoms with Gasteiger partial charge >= 0.3 is 8.56 Å². The summed E-state index contributed by atoms with van der Waals surface area (Å²) in [5, 5.41) is 0. The Morgan fingerprint density at radius 2 is 1.72 bits per heavy atom. The second kappa shape index (κ2) is 9.20. The van der Waals surface area contributed by atoms with Gasteiger partial charge in [-0.15, -0.1) is 0 Å². The Kier molecular flexibility index (Phi) is 6.88. The van der Waals surface area contributed by atoms with Crippen molar-refractivity contribution in [2.45, 2.75) is 52.1 Å². The Hall–Kier alpha value is -2.01. The molecule has 0 N–H and O–H groups in total. The van der Waals surface area contributed by atoms with Gasteiger partial charge in [0.1, 0.15) is 0 Å². The van der Waals surface area contributed by atoms with Gasteiger partial charge in [0.25, 0.3) is 0 Å². The zero-order chi connectivity index (χ0) is 21.0. The molecule has 1 unspecified atom stereocenters. The van der Waals surface area contributed by atoms with Crippen LogP contribution in [0.2, 0.25) is 12.6 Å². The molecule has 0 heterocycles. The Balaban J connectivity index is 1.95. The fourth-order valence-corrected chi connectivity index (χ4v) is 6.84. The lowest BCUT2D eigenvalue weighted by Gasteiger charge is -2.28. The van der Waals surface area contributed by atoms with Crippen molar-refractivity contribution < 1.29 is 13.6 Å². The molecule has 0 amide bonds. The van der Waals surface area contributed by atoms with E-state index in [0.717, 1.165) is 24.4 Å².